The number of carbonyl (C=O) groups excluding carboxylic acids is 2. The van der Waals surface area contributed by atoms with E-state index in [0.717, 1.165) is 68.1 Å². The molecule has 6 aliphatic carbocycles. The Bertz CT molecular complexity index is 1520. The maximum atomic E-state index is 12.9. The quantitative estimate of drug-likeness (QED) is 0.277. The lowest BCUT2D eigenvalue weighted by molar-refractivity contribution is -0.212. The van der Waals surface area contributed by atoms with Crippen molar-refractivity contribution >= 4 is 12.1 Å². The van der Waals surface area contributed by atoms with E-state index in [4.69, 9.17) is 9.47 Å². The fourth-order valence-corrected chi connectivity index (χ4v) is 13.8. The molecule has 6 nitrogen and oxygen atoms in total. The molecule has 272 valence electrons. The van der Waals surface area contributed by atoms with E-state index < -0.39 is 0 Å². The molecule has 7 aliphatic rings. The van der Waals surface area contributed by atoms with Gasteiger partial charge >= 0.3 is 12.1 Å². The van der Waals surface area contributed by atoms with E-state index in [2.05, 4.69) is 45.2 Å². The summed E-state index contributed by atoms with van der Waals surface area (Å²) in [6.07, 6.45) is 20.9. The number of nitrogens with zero attached hydrogens (tertiary/aromatic N) is 1. The van der Waals surface area contributed by atoms with Crippen molar-refractivity contribution in [2.24, 2.45) is 51.8 Å². The molecular formula is C44H62N2O4. The van der Waals surface area contributed by atoms with Gasteiger partial charge in [0.25, 0.3) is 0 Å². The predicted octanol–water partition coefficient (Wildman–Crippen LogP) is 9.25. The average Bonchev–Trinajstić information content (AvgIpc) is 3.74. The van der Waals surface area contributed by atoms with Crippen molar-refractivity contribution in [3.8, 4) is 0 Å². The first-order valence-electron chi connectivity index (χ1n) is 20.3. The van der Waals surface area contributed by atoms with E-state index in [1.807, 2.05) is 35.2 Å². The van der Waals surface area contributed by atoms with Gasteiger partial charge in [-0.1, -0.05) is 76.6 Å². The Morgan fingerprint density at radius 3 is 2.54 bits per heavy atom. The Morgan fingerprint density at radius 1 is 0.940 bits per heavy atom. The van der Waals surface area contributed by atoms with Gasteiger partial charge in [0.1, 0.15) is 13.2 Å². The highest BCUT2D eigenvalue weighted by molar-refractivity contribution is 5.73. The van der Waals surface area contributed by atoms with E-state index in [1.54, 1.807) is 5.57 Å². The second-order valence-corrected chi connectivity index (χ2v) is 18.4. The van der Waals surface area contributed by atoms with Gasteiger partial charge in [-0.25, -0.2) is 4.79 Å². The van der Waals surface area contributed by atoms with E-state index in [1.165, 1.54) is 69.8 Å². The summed E-state index contributed by atoms with van der Waals surface area (Å²) in [6, 6.07) is 10.0. The van der Waals surface area contributed by atoms with Crippen LogP contribution >= 0.6 is 0 Å². The fourth-order valence-electron chi connectivity index (χ4n) is 13.8. The minimum Gasteiger partial charge on any atom is -0.461 e. The van der Waals surface area contributed by atoms with Crippen LogP contribution in [0.25, 0.3) is 0 Å². The number of rotatable bonds is 8. The van der Waals surface area contributed by atoms with Crippen LogP contribution in [0.5, 0.6) is 0 Å². The summed E-state index contributed by atoms with van der Waals surface area (Å²) in [5.41, 5.74) is 5.50. The van der Waals surface area contributed by atoms with Crippen LogP contribution in [0.4, 0.5) is 4.79 Å². The number of hydrogen-bond donors (Lipinski definition) is 1. The van der Waals surface area contributed by atoms with Crippen molar-refractivity contribution in [1.29, 1.82) is 0 Å². The Kier molecular flexibility index (Phi) is 9.04. The molecule has 1 N–H and O–H groups in total. The Labute approximate surface area is 301 Å². The molecule has 50 heavy (non-hydrogen) atoms. The molecule has 0 spiro atoms. The smallest absolute Gasteiger partial charge is 0.409 e. The Balaban J connectivity index is 0.942. The van der Waals surface area contributed by atoms with Gasteiger partial charge in [0.2, 0.25) is 0 Å². The molecule has 4 saturated carbocycles. The van der Waals surface area contributed by atoms with Crippen LogP contribution in [0, 0.1) is 51.8 Å². The van der Waals surface area contributed by atoms with Gasteiger partial charge in [-0.05, 0) is 140 Å². The zero-order valence-corrected chi connectivity index (χ0v) is 31.3. The van der Waals surface area contributed by atoms with E-state index in [9.17, 15) is 9.59 Å². The van der Waals surface area contributed by atoms with Crippen molar-refractivity contribution in [2.45, 2.75) is 123 Å². The monoisotopic (exact) mass is 682 g/mol. The van der Waals surface area contributed by atoms with Gasteiger partial charge in [-0.2, -0.15) is 0 Å². The normalized spacial score (nSPS) is 42.3. The molecule has 1 aromatic carbocycles. The van der Waals surface area contributed by atoms with Gasteiger partial charge in [-0.15, -0.1) is 0 Å². The first kappa shape index (κ1) is 34.5. The lowest BCUT2D eigenvalue weighted by Crippen LogP contribution is -2.67. The van der Waals surface area contributed by atoms with Gasteiger partial charge < -0.3 is 19.7 Å². The minimum atomic E-state index is -0.140. The van der Waals surface area contributed by atoms with Crippen molar-refractivity contribution < 1.29 is 19.1 Å². The van der Waals surface area contributed by atoms with Gasteiger partial charge in [-0.3, -0.25) is 4.79 Å². The number of amides is 1. The van der Waals surface area contributed by atoms with Gasteiger partial charge in [0.05, 0.1) is 12.5 Å². The number of carbonyl (C=O) groups is 2. The molecule has 6 heteroatoms. The standard InChI is InChI=1S/C44H62N2O4/c1-30-34(32-12-14-33(15-13-32)39(47)50-29-31-9-6-5-7-10-31)18-21-41(2)35(30)19-22-43(4)38(41)17-16-36-37-11-8-20-44(37,24-23-42(36,43)3)45-25-26-46-27-28-49-40(46)48/h5-7,9-10,12,18,30,33,35-38,45H,8,11,13-17,19-29H2,1-4H3/t30?,33-,35?,36+,37+,38?,41-,42+,43+,44-/m0/s1. The lowest BCUT2D eigenvalue weighted by Gasteiger charge is -2.71. The van der Waals surface area contributed by atoms with Crippen molar-refractivity contribution in [2.75, 3.05) is 26.2 Å². The Morgan fingerprint density at radius 2 is 1.78 bits per heavy atom. The number of allylic oxidation sites excluding steroid dienone is 4. The lowest BCUT2D eigenvalue weighted by atomic mass is 9.34. The first-order valence-corrected chi connectivity index (χ1v) is 20.3. The van der Waals surface area contributed by atoms with Crippen LogP contribution in [0.15, 0.2) is 53.6 Å². The third-order valence-electron chi connectivity index (χ3n) is 16.6. The molecule has 8 rings (SSSR count). The second kappa shape index (κ2) is 13.1. The second-order valence-electron chi connectivity index (χ2n) is 18.4. The summed E-state index contributed by atoms with van der Waals surface area (Å²) in [6.45, 7) is 14.0. The molecule has 0 radical (unpaired) electrons. The van der Waals surface area contributed by atoms with Gasteiger partial charge in [0.15, 0.2) is 0 Å². The van der Waals surface area contributed by atoms with E-state index in [0.29, 0.717) is 35.4 Å². The number of nitrogens with one attached hydrogen (secondary N) is 1. The van der Waals surface area contributed by atoms with Crippen molar-refractivity contribution in [3.63, 3.8) is 0 Å². The largest absolute Gasteiger partial charge is 0.461 e. The van der Waals surface area contributed by atoms with Crippen LogP contribution in [0.3, 0.4) is 0 Å². The highest BCUT2D eigenvalue weighted by Gasteiger charge is 2.68. The fraction of sp³-hybridized carbons (Fsp3) is 0.727. The molecule has 10 atom stereocenters. The third kappa shape index (κ3) is 5.51. The van der Waals surface area contributed by atoms with Crippen LogP contribution in [-0.4, -0.2) is 48.7 Å². The topological polar surface area (TPSA) is 67.9 Å². The molecule has 1 amide bonds. The number of esters is 1. The SMILES string of the molecule is CC1C(C2=CC[C@H](C(=O)OCc3ccccc3)CC2)=CC[C@@]2(C)C1CC[C@]1(C)C2CC[C@@H]2[C@H]3CCC[C@]3(NCCN3CCOC3=O)CC[C@]21C. The van der Waals surface area contributed by atoms with Gasteiger partial charge in [0, 0.05) is 18.6 Å². The van der Waals surface area contributed by atoms with Crippen LogP contribution in [0.1, 0.15) is 117 Å². The highest BCUT2D eigenvalue weighted by atomic mass is 16.6. The maximum Gasteiger partial charge on any atom is 0.409 e. The van der Waals surface area contributed by atoms with Crippen molar-refractivity contribution in [3.05, 3.63) is 59.2 Å². The molecule has 1 aromatic rings. The molecular weight excluding hydrogens is 620 g/mol. The first-order chi connectivity index (χ1) is 24.1. The van der Waals surface area contributed by atoms with Crippen LogP contribution in [-0.2, 0) is 20.9 Å². The van der Waals surface area contributed by atoms with Crippen molar-refractivity contribution in [1.82, 2.24) is 10.2 Å². The predicted molar refractivity (Wildman–Crippen MR) is 197 cm³/mol. The summed E-state index contributed by atoms with van der Waals surface area (Å²) in [5.74, 6) is 3.54. The number of fused-ring (bicyclic) bond motifs is 7. The minimum absolute atomic E-state index is 0.0216. The molecule has 1 aliphatic heterocycles. The van der Waals surface area contributed by atoms with E-state index >= 15 is 0 Å². The average molecular weight is 683 g/mol. The van der Waals surface area contributed by atoms with E-state index in [-0.39, 0.29) is 23.5 Å². The molecule has 3 unspecified atom stereocenters. The zero-order chi connectivity index (χ0) is 34.7. The molecule has 0 aromatic heterocycles. The molecule has 0 bridgehead atoms. The molecule has 1 heterocycles. The molecule has 1 saturated heterocycles. The summed E-state index contributed by atoms with van der Waals surface area (Å²) < 4.78 is 10.9. The summed E-state index contributed by atoms with van der Waals surface area (Å²) in [4.78, 5) is 26.9. The summed E-state index contributed by atoms with van der Waals surface area (Å²) in [7, 11) is 0. The number of benzene rings is 1. The number of hydrogen-bond acceptors (Lipinski definition) is 5. The number of ether oxygens (including phenoxy) is 2. The highest BCUT2D eigenvalue weighted by Crippen LogP contribution is 2.75. The zero-order valence-electron chi connectivity index (χ0n) is 31.3. The molecule has 5 fully saturated rings. The van der Waals surface area contributed by atoms with Crippen LogP contribution in [0.2, 0.25) is 0 Å². The number of cyclic esters (lactones) is 1. The van der Waals surface area contributed by atoms with Crippen LogP contribution < -0.4 is 5.32 Å². The summed E-state index contributed by atoms with van der Waals surface area (Å²) in [5, 5.41) is 4.11. The third-order valence-corrected chi connectivity index (χ3v) is 16.6. The summed E-state index contributed by atoms with van der Waals surface area (Å²) >= 11 is 0. The maximum absolute atomic E-state index is 12.9. The Hall–Kier alpha value is -2.60.